The summed E-state index contributed by atoms with van der Waals surface area (Å²) in [6.45, 7) is 7.11. The zero-order valence-corrected chi connectivity index (χ0v) is 9.97. The summed E-state index contributed by atoms with van der Waals surface area (Å²) in [6, 6.07) is 4.80. The van der Waals surface area contributed by atoms with E-state index in [1.54, 1.807) is 26.0 Å². The Morgan fingerprint density at radius 2 is 2.24 bits per heavy atom. The van der Waals surface area contributed by atoms with Gasteiger partial charge < -0.3 is 0 Å². The quantitative estimate of drug-likeness (QED) is 0.446. The normalized spacial score (nSPS) is 11.9. The van der Waals surface area contributed by atoms with E-state index in [0.717, 1.165) is 5.56 Å². The molecule has 0 aliphatic heterocycles. The highest BCUT2D eigenvalue weighted by molar-refractivity contribution is 5.88. The summed E-state index contributed by atoms with van der Waals surface area (Å²) in [7, 11) is 0. The summed E-state index contributed by atoms with van der Waals surface area (Å²) in [5, 5.41) is 11.0. The van der Waals surface area contributed by atoms with E-state index >= 15 is 0 Å². The predicted molar refractivity (Wildman–Crippen MR) is 66.1 cm³/mol. The Labute approximate surface area is 100 Å². The third-order valence-electron chi connectivity index (χ3n) is 2.74. The number of carbonyl (C=O) groups is 1. The van der Waals surface area contributed by atoms with Gasteiger partial charge in [0.25, 0.3) is 5.69 Å². The molecule has 4 nitrogen and oxygen atoms in total. The lowest BCUT2D eigenvalue weighted by Crippen LogP contribution is -2.12. The monoisotopic (exact) mass is 233 g/mol. The van der Waals surface area contributed by atoms with Gasteiger partial charge in [-0.2, -0.15) is 0 Å². The molecule has 0 N–H and O–H groups in total. The molecule has 0 saturated heterocycles. The SMILES string of the molecule is C=CC(C(=O)CC)c1c(C)cccc1[N+](=O)[O-]. The lowest BCUT2D eigenvalue weighted by atomic mass is 9.89. The van der Waals surface area contributed by atoms with Crippen molar-refractivity contribution in [1.29, 1.82) is 0 Å². The molecule has 0 aliphatic carbocycles. The molecule has 1 aromatic rings. The van der Waals surface area contributed by atoms with Gasteiger partial charge in [0.05, 0.1) is 10.8 Å². The topological polar surface area (TPSA) is 60.2 Å². The van der Waals surface area contributed by atoms with Crippen LogP contribution in [0.5, 0.6) is 0 Å². The third-order valence-corrected chi connectivity index (χ3v) is 2.74. The van der Waals surface area contributed by atoms with Gasteiger partial charge in [-0.1, -0.05) is 25.1 Å². The first-order valence-corrected chi connectivity index (χ1v) is 5.42. The molecule has 1 atom stereocenters. The Morgan fingerprint density at radius 3 is 2.71 bits per heavy atom. The Balaban J connectivity index is 3.41. The number of benzene rings is 1. The number of hydrogen-bond acceptors (Lipinski definition) is 3. The largest absolute Gasteiger partial charge is 0.299 e. The van der Waals surface area contributed by atoms with Crippen LogP contribution in [0.25, 0.3) is 0 Å². The molecule has 0 fully saturated rings. The van der Waals surface area contributed by atoms with E-state index in [0.29, 0.717) is 12.0 Å². The fraction of sp³-hybridized carbons (Fsp3) is 0.308. The molecule has 0 amide bonds. The van der Waals surface area contributed by atoms with Crippen molar-refractivity contribution in [2.45, 2.75) is 26.2 Å². The van der Waals surface area contributed by atoms with Crippen molar-refractivity contribution >= 4 is 11.5 Å². The molecule has 0 aromatic heterocycles. The lowest BCUT2D eigenvalue weighted by molar-refractivity contribution is -0.385. The van der Waals surface area contributed by atoms with Crippen molar-refractivity contribution in [3.63, 3.8) is 0 Å². The smallest absolute Gasteiger partial charge is 0.273 e. The maximum absolute atomic E-state index is 11.8. The molecule has 0 spiro atoms. The standard InChI is InChI=1S/C13H15NO3/c1-4-10(12(15)5-2)13-9(3)7-6-8-11(13)14(16)17/h4,6-8,10H,1,5H2,2-3H3. The molecule has 0 aliphatic rings. The minimum absolute atomic E-state index is 0.0169. The second-order valence-electron chi connectivity index (χ2n) is 3.80. The fourth-order valence-electron chi connectivity index (χ4n) is 1.86. The molecule has 0 saturated carbocycles. The molecule has 1 unspecified atom stereocenters. The van der Waals surface area contributed by atoms with Crippen LogP contribution in [-0.4, -0.2) is 10.7 Å². The molecule has 17 heavy (non-hydrogen) atoms. The van der Waals surface area contributed by atoms with E-state index in [9.17, 15) is 14.9 Å². The van der Waals surface area contributed by atoms with Gasteiger partial charge in [0, 0.05) is 18.1 Å². The summed E-state index contributed by atoms with van der Waals surface area (Å²) in [6.07, 6.45) is 1.81. The van der Waals surface area contributed by atoms with Crippen LogP contribution < -0.4 is 0 Å². The Kier molecular flexibility index (Phi) is 4.15. The van der Waals surface area contributed by atoms with Gasteiger partial charge >= 0.3 is 0 Å². The van der Waals surface area contributed by atoms with Crippen molar-refractivity contribution in [3.05, 3.63) is 52.1 Å². The van der Waals surface area contributed by atoms with Crippen LogP contribution in [0.1, 0.15) is 30.4 Å². The molecular weight excluding hydrogens is 218 g/mol. The highest BCUT2D eigenvalue weighted by atomic mass is 16.6. The molecule has 0 radical (unpaired) electrons. The van der Waals surface area contributed by atoms with Crippen LogP contribution in [0.2, 0.25) is 0 Å². The first-order valence-electron chi connectivity index (χ1n) is 5.42. The number of carbonyl (C=O) groups excluding carboxylic acids is 1. The van der Waals surface area contributed by atoms with E-state index in [2.05, 4.69) is 6.58 Å². The second kappa shape index (κ2) is 5.39. The van der Waals surface area contributed by atoms with Crippen molar-refractivity contribution in [2.24, 2.45) is 0 Å². The fourth-order valence-corrected chi connectivity index (χ4v) is 1.86. The van der Waals surface area contributed by atoms with E-state index in [1.807, 2.05) is 0 Å². The molecule has 1 rings (SSSR count). The maximum Gasteiger partial charge on any atom is 0.273 e. The minimum Gasteiger partial charge on any atom is -0.299 e. The highest BCUT2D eigenvalue weighted by Crippen LogP contribution is 2.31. The Hall–Kier alpha value is -1.97. The van der Waals surface area contributed by atoms with Crippen LogP contribution in [0.3, 0.4) is 0 Å². The van der Waals surface area contributed by atoms with Gasteiger partial charge in [0.1, 0.15) is 5.78 Å². The molecule has 4 heteroatoms. The van der Waals surface area contributed by atoms with Gasteiger partial charge in [-0.15, -0.1) is 6.58 Å². The van der Waals surface area contributed by atoms with Gasteiger partial charge in [0.2, 0.25) is 0 Å². The first kappa shape index (κ1) is 13.1. The Bertz CT molecular complexity index is 466. The van der Waals surface area contributed by atoms with E-state index in [1.165, 1.54) is 12.1 Å². The summed E-state index contributed by atoms with van der Waals surface area (Å²) in [4.78, 5) is 22.3. The number of aryl methyl sites for hydroxylation is 1. The van der Waals surface area contributed by atoms with Crippen molar-refractivity contribution in [1.82, 2.24) is 0 Å². The number of rotatable bonds is 5. The van der Waals surface area contributed by atoms with E-state index in [-0.39, 0.29) is 11.5 Å². The highest BCUT2D eigenvalue weighted by Gasteiger charge is 2.25. The molecule has 0 heterocycles. The predicted octanol–water partition coefficient (Wildman–Crippen LogP) is 3.15. The van der Waals surface area contributed by atoms with Crippen molar-refractivity contribution in [2.75, 3.05) is 0 Å². The molecular formula is C13H15NO3. The maximum atomic E-state index is 11.8. The lowest BCUT2D eigenvalue weighted by Gasteiger charge is -2.13. The zero-order valence-electron chi connectivity index (χ0n) is 9.97. The van der Waals surface area contributed by atoms with Crippen LogP contribution in [-0.2, 0) is 4.79 Å². The van der Waals surface area contributed by atoms with Crippen LogP contribution in [0.15, 0.2) is 30.9 Å². The summed E-state index contributed by atoms with van der Waals surface area (Å²) in [5.74, 6) is -0.654. The number of nitro groups is 1. The van der Waals surface area contributed by atoms with Crippen molar-refractivity contribution < 1.29 is 9.72 Å². The minimum atomic E-state index is -0.596. The average Bonchev–Trinajstić information content (AvgIpc) is 2.31. The zero-order chi connectivity index (χ0) is 13.0. The third kappa shape index (κ3) is 2.58. The van der Waals surface area contributed by atoms with Gasteiger partial charge in [-0.05, 0) is 12.5 Å². The number of hydrogen-bond donors (Lipinski definition) is 0. The Morgan fingerprint density at radius 1 is 1.59 bits per heavy atom. The van der Waals surface area contributed by atoms with Crippen LogP contribution in [0, 0.1) is 17.0 Å². The van der Waals surface area contributed by atoms with Gasteiger partial charge in [-0.25, -0.2) is 0 Å². The van der Waals surface area contributed by atoms with E-state index < -0.39 is 10.8 Å². The number of nitrogens with zero attached hydrogens (tertiary/aromatic N) is 1. The van der Waals surface area contributed by atoms with E-state index in [4.69, 9.17) is 0 Å². The number of ketones is 1. The summed E-state index contributed by atoms with van der Waals surface area (Å²) >= 11 is 0. The van der Waals surface area contributed by atoms with Gasteiger partial charge in [0.15, 0.2) is 0 Å². The molecule has 1 aromatic carbocycles. The average molecular weight is 233 g/mol. The second-order valence-corrected chi connectivity index (χ2v) is 3.80. The number of nitro benzene ring substituents is 1. The van der Waals surface area contributed by atoms with Crippen LogP contribution in [0.4, 0.5) is 5.69 Å². The first-order chi connectivity index (χ1) is 8.02. The molecule has 90 valence electrons. The van der Waals surface area contributed by atoms with Gasteiger partial charge in [-0.3, -0.25) is 14.9 Å². The van der Waals surface area contributed by atoms with Crippen molar-refractivity contribution in [3.8, 4) is 0 Å². The number of allylic oxidation sites excluding steroid dienone is 1. The summed E-state index contributed by atoms with van der Waals surface area (Å²) in [5.41, 5.74) is 1.18. The summed E-state index contributed by atoms with van der Waals surface area (Å²) < 4.78 is 0. The number of Topliss-reactive ketones (excluding diaryl/α,β-unsaturated/α-hetero) is 1. The molecule has 0 bridgehead atoms. The van der Waals surface area contributed by atoms with Crippen LogP contribution >= 0.6 is 0 Å².